The molecular formula is C21H37FIN5O. The van der Waals surface area contributed by atoms with Gasteiger partial charge in [-0.3, -0.25) is 4.90 Å². The second-order valence-electron chi connectivity index (χ2n) is 7.03. The number of aliphatic imine (C=N–C) groups is 1. The number of halogens is 2. The van der Waals surface area contributed by atoms with Crippen molar-refractivity contribution in [1.82, 2.24) is 20.4 Å². The first-order valence-corrected chi connectivity index (χ1v) is 10.5. The van der Waals surface area contributed by atoms with E-state index in [2.05, 4.69) is 46.2 Å². The topological polar surface area (TPSA) is 52.1 Å². The molecule has 1 fully saturated rings. The Hall–Kier alpha value is -1.13. The van der Waals surface area contributed by atoms with Crippen molar-refractivity contribution in [2.45, 2.75) is 33.3 Å². The maximum absolute atomic E-state index is 13.3. The van der Waals surface area contributed by atoms with Crippen molar-refractivity contribution in [1.29, 1.82) is 0 Å². The summed E-state index contributed by atoms with van der Waals surface area (Å²) in [6.07, 6.45) is 0.723. The van der Waals surface area contributed by atoms with Crippen molar-refractivity contribution in [2.75, 3.05) is 58.9 Å². The molecule has 166 valence electrons. The highest BCUT2D eigenvalue weighted by molar-refractivity contribution is 14.0. The fourth-order valence-corrected chi connectivity index (χ4v) is 3.18. The quantitative estimate of drug-likeness (QED) is 0.282. The van der Waals surface area contributed by atoms with Gasteiger partial charge in [0.25, 0.3) is 0 Å². The molecule has 1 unspecified atom stereocenters. The second kappa shape index (κ2) is 14.8. The summed E-state index contributed by atoms with van der Waals surface area (Å²) < 4.78 is 19.2. The zero-order valence-corrected chi connectivity index (χ0v) is 20.3. The van der Waals surface area contributed by atoms with Crippen LogP contribution < -0.4 is 15.4 Å². The molecule has 1 aliphatic rings. The fourth-order valence-electron chi connectivity index (χ4n) is 3.18. The van der Waals surface area contributed by atoms with Crippen LogP contribution in [0.3, 0.4) is 0 Å². The maximum Gasteiger partial charge on any atom is 0.191 e. The summed E-state index contributed by atoms with van der Waals surface area (Å²) in [7, 11) is 0. The molecule has 0 radical (unpaired) electrons. The predicted molar refractivity (Wildman–Crippen MR) is 129 cm³/mol. The summed E-state index contributed by atoms with van der Waals surface area (Å²) >= 11 is 0. The van der Waals surface area contributed by atoms with Gasteiger partial charge >= 0.3 is 0 Å². The van der Waals surface area contributed by atoms with E-state index in [1.807, 2.05) is 0 Å². The van der Waals surface area contributed by atoms with E-state index in [-0.39, 0.29) is 35.9 Å². The van der Waals surface area contributed by atoms with Crippen molar-refractivity contribution in [3.63, 3.8) is 0 Å². The van der Waals surface area contributed by atoms with Gasteiger partial charge in [0.1, 0.15) is 17.7 Å². The number of piperazine rings is 1. The summed E-state index contributed by atoms with van der Waals surface area (Å²) in [6, 6.07) is 6.26. The molecule has 6 nitrogen and oxygen atoms in total. The number of hydrogen-bond donors (Lipinski definition) is 2. The number of likely N-dealkylation sites (N-methyl/N-ethyl adjacent to an activating group) is 1. The Kier molecular flexibility index (Phi) is 13.2. The minimum Gasteiger partial charge on any atom is -0.488 e. The summed E-state index contributed by atoms with van der Waals surface area (Å²) in [5.74, 6) is 1.06. The van der Waals surface area contributed by atoms with Crippen LogP contribution >= 0.6 is 24.0 Å². The van der Waals surface area contributed by atoms with E-state index in [9.17, 15) is 4.39 Å². The van der Waals surface area contributed by atoms with Gasteiger partial charge in [0.2, 0.25) is 0 Å². The molecule has 1 aromatic rings. The van der Waals surface area contributed by atoms with Crippen molar-refractivity contribution < 1.29 is 9.13 Å². The van der Waals surface area contributed by atoms with Crippen LogP contribution in [-0.4, -0.2) is 80.8 Å². The average molecular weight is 521 g/mol. The van der Waals surface area contributed by atoms with Gasteiger partial charge in [0, 0.05) is 51.9 Å². The molecule has 0 aliphatic carbocycles. The Morgan fingerprint density at radius 3 is 2.48 bits per heavy atom. The molecule has 0 amide bonds. The molecule has 0 spiro atoms. The van der Waals surface area contributed by atoms with Crippen LogP contribution in [-0.2, 0) is 0 Å². The lowest BCUT2D eigenvalue weighted by atomic mass is 10.2. The number of hydrogen-bond acceptors (Lipinski definition) is 4. The normalized spacial score (nSPS) is 16.8. The molecule has 0 aromatic heterocycles. The van der Waals surface area contributed by atoms with Crippen LogP contribution in [0, 0.1) is 5.82 Å². The number of rotatable bonds is 10. The van der Waals surface area contributed by atoms with E-state index in [0.717, 1.165) is 64.7 Å². The van der Waals surface area contributed by atoms with E-state index < -0.39 is 0 Å². The maximum atomic E-state index is 13.3. The van der Waals surface area contributed by atoms with Crippen LogP contribution in [0.2, 0.25) is 0 Å². The summed E-state index contributed by atoms with van der Waals surface area (Å²) in [6.45, 7) is 15.2. The first-order chi connectivity index (χ1) is 13.6. The average Bonchev–Trinajstić information content (AvgIpc) is 2.71. The molecule has 2 rings (SSSR count). The number of guanidine groups is 1. The Balaban J connectivity index is 0.00000420. The van der Waals surface area contributed by atoms with Crippen LogP contribution in [0.5, 0.6) is 5.75 Å². The first-order valence-electron chi connectivity index (χ1n) is 10.5. The van der Waals surface area contributed by atoms with Crippen molar-refractivity contribution in [3.05, 3.63) is 30.1 Å². The smallest absolute Gasteiger partial charge is 0.191 e. The molecule has 29 heavy (non-hydrogen) atoms. The lowest BCUT2D eigenvalue weighted by Gasteiger charge is -2.34. The van der Waals surface area contributed by atoms with Crippen LogP contribution in [0.15, 0.2) is 29.3 Å². The third kappa shape index (κ3) is 9.95. The van der Waals surface area contributed by atoms with Gasteiger partial charge in [-0.05, 0) is 32.0 Å². The lowest BCUT2D eigenvalue weighted by Crippen LogP contribution is -2.49. The largest absolute Gasteiger partial charge is 0.488 e. The summed E-state index contributed by atoms with van der Waals surface area (Å²) in [5, 5.41) is 6.70. The van der Waals surface area contributed by atoms with E-state index in [1.54, 1.807) is 12.1 Å². The highest BCUT2D eigenvalue weighted by atomic mass is 127. The van der Waals surface area contributed by atoms with Crippen molar-refractivity contribution in [2.24, 2.45) is 4.99 Å². The minimum atomic E-state index is -0.286. The number of nitrogens with zero attached hydrogens (tertiary/aromatic N) is 3. The molecule has 8 heteroatoms. The SMILES string of the molecule is CCNC(=NCC(CC)Oc1cccc(F)c1)NCCN1CCN(CC)CC1.I. The van der Waals surface area contributed by atoms with Crippen LogP contribution in [0.4, 0.5) is 4.39 Å². The van der Waals surface area contributed by atoms with Crippen molar-refractivity contribution >= 4 is 29.9 Å². The van der Waals surface area contributed by atoms with Crippen LogP contribution in [0.25, 0.3) is 0 Å². The van der Waals surface area contributed by atoms with Crippen LogP contribution in [0.1, 0.15) is 27.2 Å². The predicted octanol–water partition coefficient (Wildman–Crippen LogP) is 2.79. The van der Waals surface area contributed by atoms with Crippen molar-refractivity contribution in [3.8, 4) is 5.75 Å². The number of ether oxygens (including phenoxy) is 1. The molecule has 0 saturated carbocycles. The standard InChI is InChI=1S/C21H36FN5O.HI/c1-4-19(28-20-9-7-8-18(22)16-20)17-25-21(23-5-2)24-10-11-27-14-12-26(6-3)13-15-27;/h7-9,16,19H,4-6,10-15,17H2,1-3H3,(H2,23,24,25);1H. The Bertz CT molecular complexity index is 596. The van der Waals surface area contributed by atoms with E-state index in [0.29, 0.717) is 12.3 Å². The first kappa shape index (κ1) is 25.9. The highest BCUT2D eigenvalue weighted by Crippen LogP contribution is 2.15. The fraction of sp³-hybridized carbons (Fsp3) is 0.667. The van der Waals surface area contributed by atoms with Gasteiger partial charge < -0.3 is 20.3 Å². The molecule has 1 saturated heterocycles. The molecule has 1 aliphatic heterocycles. The monoisotopic (exact) mass is 521 g/mol. The van der Waals surface area contributed by atoms with Gasteiger partial charge in [-0.15, -0.1) is 24.0 Å². The molecular weight excluding hydrogens is 484 g/mol. The molecule has 1 aromatic carbocycles. The van der Waals surface area contributed by atoms with Gasteiger partial charge in [-0.25, -0.2) is 9.38 Å². The van der Waals surface area contributed by atoms with E-state index in [1.165, 1.54) is 12.1 Å². The second-order valence-corrected chi connectivity index (χ2v) is 7.03. The molecule has 0 bridgehead atoms. The Morgan fingerprint density at radius 1 is 1.14 bits per heavy atom. The van der Waals surface area contributed by atoms with Gasteiger partial charge in [-0.1, -0.05) is 19.9 Å². The van der Waals surface area contributed by atoms with E-state index in [4.69, 9.17) is 4.74 Å². The van der Waals surface area contributed by atoms with Gasteiger partial charge in [0.05, 0.1) is 6.54 Å². The highest BCUT2D eigenvalue weighted by Gasteiger charge is 2.15. The zero-order valence-electron chi connectivity index (χ0n) is 18.0. The molecule has 1 heterocycles. The van der Waals surface area contributed by atoms with Gasteiger partial charge in [-0.2, -0.15) is 0 Å². The number of benzene rings is 1. The number of nitrogens with one attached hydrogen (secondary N) is 2. The third-order valence-corrected chi connectivity index (χ3v) is 4.98. The molecule has 2 N–H and O–H groups in total. The summed E-state index contributed by atoms with van der Waals surface area (Å²) in [4.78, 5) is 9.64. The molecule has 1 atom stereocenters. The third-order valence-electron chi connectivity index (χ3n) is 4.98. The lowest BCUT2D eigenvalue weighted by molar-refractivity contribution is 0.139. The minimum absolute atomic E-state index is 0. The van der Waals surface area contributed by atoms with E-state index >= 15 is 0 Å². The summed E-state index contributed by atoms with van der Waals surface area (Å²) in [5.41, 5.74) is 0. The van der Waals surface area contributed by atoms with Gasteiger partial charge in [0.15, 0.2) is 5.96 Å². The Morgan fingerprint density at radius 2 is 1.86 bits per heavy atom. The zero-order chi connectivity index (χ0) is 20.2. The Labute approximate surface area is 192 Å².